The molecule has 0 saturated carbocycles. The quantitative estimate of drug-likeness (QED) is 0.330. The van der Waals surface area contributed by atoms with Crippen molar-refractivity contribution in [2.24, 2.45) is 10.9 Å². The highest BCUT2D eigenvalue weighted by atomic mass is 127. The van der Waals surface area contributed by atoms with Crippen LogP contribution in [0.5, 0.6) is 0 Å². The molecule has 0 aliphatic carbocycles. The fourth-order valence-corrected chi connectivity index (χ4v) is 3.74. The van der Waals surface area contributed by atoms with Gasteiger partial charge in [-0.15, -0.1) is 24.0 Å². The summed E-state index contributed by atoms with van der Waals surface area (Å²) in [5, 5.41) is 7.63. The number of hydrogen-bond acceptors (Lipinski definition) is 2. The molecule has 2 N–H and O–H groups in total. The molecule has 0 bridgehead atoms. The summed E-state index contributed by atoms with van der Waals surface area (Å²) in [5.74, 6) is 1.27. The highest BCUT2D eigenvalue weighted by molar-refractivity contribution is 14.0. The molecule has 2 aromatic carbocycles. The molecule has 1 aliphatic heterocycles. The summed E-state index contributed by atoms with van der Waals surface area (Å²) in [7, 11) is 1.81. The SMILES string of the molecule is CN=C(NCCc1cccc(Cl)c1)NCC1CCCOC1c1ccccc1.I. The predicted molar refractivity (Wildman–Crippen MR) is 128 cm³/mol. The van der Waals surface area contributed by atoms with E-state index in [-0.39, 0.29) is 30.1 Å². The number of nitrogens with zero attached hydrogens (tertiary/aromatic N) is 1. The first-order valence-electron chi connectivity index (χ1n) is 9.62. The summed E-state index contributed by atoms with van der Waals surface area (Å²) in [5.41, 5.74) is 2.48. The van der Waals surface area contributed by atoms with Gasteiger partial charge in [0.25, 0.3) is 0 Å². The van der Waals surface area contributed by atoms with Crippen LogP contribution < -0.4 is 10.6 Å². The van der Waals surface area contributed by atoms with Gasteiger partial charge in [-0.3, -0.25) is 4.99 Å². The molecule has 0 spiro atoms. The maximum Gasteiger partial charge on any atom is 0.190 e. The van der Waals surface area contributed by atoms with Gasteiger partial charge >= 0.3 is 0 Å². The van der Waals surface area contributed by atoms with Crippen LogP contribution in [-0.4, -0.2) is 32.7 Å². The molecule has 2 unspecified atom stereocenters. The van der Waals surface area contributed by atoms with Crippen LogP contribution in [0.2, 0.25) is 5.02 Å². The van der Waals surface area contributed by atoms with E-state index in [1.54, 1.807) is 7.05 Å². The van der Waals surface area contributed by atoms with E-state index in [2.05, 4.69) is 46.0 Å². The van der Waals surface area contributed by atoms with Gasteiger partial charge in [0.2, 0.25) is 0 Å². The number of guanidine groups is 1. The van der Waals surface area contributed by atoms with E-state index in [9.17, 15) is 0 Å². The molecule has 0 aromatic heterocycles. The van der Waals surface area contributed by atoms with E-state index >= 15 is 0 Å². The lowest BCUT2D eigenvalue weighted by Crippen LogP contribution is -2.42. The Morgan fingerprint density at radius 2 is 1.96 bits per heavy atom. The fraction of sp³-hybridized carbons (Fsp3) is 0.409. The maximum atomic E-state index is 6.08. The van der Waals surface area contributed by atoms with Gasteiger partial charge in [-0.25, -0.2) is 0 Å². The van der Waals surface area contributed by atoms with Crippen LogP contribution in [0, 0.1) is 5.92 Å². The number of ether oxygens (including phenoxy) is 1. The van der Waals surface area contributed by atoms with Gasteiger partial charge in [0, 0.05) is 37.7 Å². The molecule has 152 valence electrons. The average Bonchev–Trinajstić information content (AvgIpc) is 2.71. The van der Waals surface area contributed by atoms with Crippen LogP contribution >= 0.6 is 35.6 Å². The summed E-state index contributed by atoms with van der Waals surface area (Å²) in [4.78, 5) is 4.35. The van der Waals surface area contributed by atoms with Gasteiger partial charge in [-0.05, 0) is 42.5 Å². The normalized spacial score (nSPS) is 19.6. The minimum absolute atomic E-state index is 0. The molecule has 28 heavy (non-hydrogen) atoms. The Balaban J connectivity index is 0.00000280. The van der Waals surface area contributed by atoms with Crippen LogP contribution in [0.1, 0.15) is 30.1 Å². The summed E-state index contributed by atoms with van der Waals surface area (Å²) in [6, 6.07) is 18.5. The zero-order chi connectivity index (χ0) is 18.9. The van der Waals surface area contributed by atoms with E-state index in [0.29, 0.717) is 5.92 Å². The molecule has 4 nitrogen and oxygen atoms in total. The van der Waals surface area contributed by atoms with E-state index in [0.717, 1.165) is 49.9 Å². The third-order valence-electron chi connectivity index (χ3n) is 4.92. The monoisotopic (exact) mass is 513 g/mol. The van der Waals surface area contributed by atoms with Crippen LogP contribution in [0.25, 0.3) is 0 Å². The lowest BCUT2D eigenvalue weighted by molar-refractivity contribution is -0.0265. The minimum atomic E-state index is 0. The van der Waals surface area contributed by atoms with Crippen LogP contribution in [0.4, 0.5) is 0 Å². The smallest absolute Gasteiger partial charge is 0.190 e. The molecule has 3 rings (SSSR count). The Labute approximate surface area is 190 Å². The molecular formula is C22H29ClIN3O. The largest absolute Gasteiger partial charge is 0.373 e. The molecule has 2 aromatic rings. The molecule has 1 heterocycles. The molecule has 6 heteroatoms. The van der Waals surface area contributed by atoms with Crippen molar-refractivity contribution in [1.29, 1.82) is 0 Å². The van der Waals surface area contributed by atoms with E-state index in [1.807, 2.05) is 24.3 Å². The first-order chi connectivity index (χ1) is 13.3. The number of halogens is 2. The summed E-state index contributed by atoms with van der Waals surface area (Å²) < 4.78 is 6.08. The highest BCUT2D eigenvalue weighted by Gasteiger charge is 2.27. The second-order valence-electron chi connectivity index (χ2n) is 6.86. The highest BCUT2D eigenvalue weighted by Crippen LogP contribution is 2.32. The minimum Gasteiger partial charge on any atom is -0.373 e. The van der Waals surface area contributed by atoms with E-state index < -0.39 is 0 Å². The first-order valence-corrected chi connectivity index (χ1v) is 9.99. The zero-order valence-corrected chi connectivity index (χ0v) is 19.3. The van der Waals surface area contributed by atoms with Crippen molar-refractivity contribution in [2.75, 3.05) is 26.7 Å². The van der Waals surface area contributed by atoms with Crippen molar-refractivity contribution >= 4 is 41.5 Å². The van der Waals surface area contributed by atoms with Gasteiger partial charge in [-0.1, -0.05) is 54.1 Å². The van der Waals surface area contributed by atoms with Gasteiger partial charge in [-0.2, -0.15) is 0 Å². The molecule has 1 aliphatic rings. The third-order valence-corrected chi connectivity index (χ3v) is 5.16. The fourth-order valence-electron chi connectivity index (χ4n) is 3.53. The van der Waals surface area contributed by atoms with Gasteiger partial charge in [0.1, 0.15) is 0 Å². The topological polar surface area (TPSA) is 45.7 Å². The van der Waals surface area contributed by atoms with Crippen molar-refractivity contribution in [3.8, 4) is 0 Å². The number of rotatable bonds is 6. The molecule has 0 amide bonds. The summed E-state index contributed by atoms with van der Waals surface area (Å²) in [6.07, 6.45) is 3.32. The molecule has 1 saturated heterocycles. The average molecular weight is 514 g/mol. The van der Waals surface area contributed by atoms with E-state index in [4.69, 9.17) is 16.3 Å². The number of benzene rings is 2. The summed E-state index contributed by atoms with van der Waals surface area (Å²) in [6.45, 7) is 2.49. The lowest BCUT2D eigenvalue weighted by Gasteiger charge is -2.32. The summed E-state index contributed by atoms with van der Waals surface area (Å²) >= 11 is 6.05. The Morgan fingerprint density at radius 3 is 2.71 bits per heavy atom. The third kappa shape index (κ3) is 6.94. The van der Waals surface area contributed by atoms with Crippen LogP contribution in [0.3, 0.4) is 0 Å². The van der Waals surface area contributed by atoms with Crippen LogP contribution in [0.15, 0.2) is 59.6 Å². The van der Waals surface area contributed by atoms with Crippen molar-refractivity contribution in [3.63, 3.8) is 0 Å². The molecule has 2 atom stereocenters. The standard InChI is InChI=1S/C22H28ClN3O.HI/c1-24-22(25-13-12-17-7-5-11-20(23)15-17)26-16-19-10-6-14-27-21(19)18-8-3-2-4-9-18;/h2-5,7-9,11,15,19,21H,6,10,12-14,16H2,1H3,(H2,24,25,26);1H. The van der Waals surface area contributed by atoms with Gasteiger partial charge in [0.15, 0.2) is 5.96 Å². The zero-order valence-electron chi connectivity index (χ0n) is 16.2. The molecular weight excluding hydrogens is 485 g/mol. The Hall–Kier alpha value is -1.31. The van der Waals surface area contributed by atoms with Gasteiger partial charge in [0.05, 0.1) is 6.10 Å². The predicted octanol–water partition coefficient (Wildman–Crippen LogP) is 4.83. The maximum absolute atomic E-state index is 6.08. The Morgan fingerprint density at radius 1 is 1.14 bits per heavy atom. The number of nitrogens with one attached hydrogen (secondary N) is 2. The first kappa shape index (κ1) is 23.0. The van der Waals surface area contributed by atoms with E-state index in [1.165, 1.54) is 11.1 Å². The Kier molecular flexibility index (Phi) is 10.1. The Bertz CT molecular complexity index is 742. The van der Waals surface area contributed by atoms with Crippen molar-refractivity contribution < 1.29 is 4.74 Å². The number of aliphatic imine (C=N–C) groups is 1. The molecule has 0 radical (unpaired) electrons. The van der Waals surface area contributed by atoms with Crippen LogP contribution in [-0.2, 0) is 11.2 Å². The van der Waals surface area contributed by atoms with Gasteiger partial charge < -0.3 is 15.4 Å². The second-order valence-corrected chi connectivity index (χ2v) is 7.30. The van der Waals surface area contributed by atoms with Crippen molar-refractivity contribution in [2.45, 2.75) is 25.4 Å². The lowest BCUT2D eigenvalue weighted by atomic mass is 9.89. The van der Waals surface area contributed by atoms with Crippen molar-refractivity contribution in [1.82, 2.24) is 10.6 Å². The number of hydrogen-bond donors (Lipinski definition) is 2. The second kappa shape index (κ2) is 12.3. The molecule has 1 fully saturated rings. The van der Waals surface area contributed by atoms with Crippen molar-refractivity contribution in [3.05, 3.63) is 70.7 Å².